The maximum atomic E-state index is 12.9. The molecule has 1 saturated carbocycles. The molecule has 0 amide bonds. The molecular weight excluding hydrogens is 368 g/mol. The Hall–Kier alpha value is -2.35. The molecule has 0 aromatic heterocycles. The quantitative estimate of drug-likeness (QED) is 0.571. The molecule has 27 heavy (non-hydrogen) atoms. The lowest BCUT2D eigenvalue weighted by molar-refractivity contribution is -0.385. The standard InChI is InChI=1S/C19H20N2O5S/c1-11-7-8-12(10-15(11)21(23)24)17-18-13(4-2-6-16(18)22)20-14-5-3-9-27(25,26)19(14)17/h7-8,10,17-18H,2-6,9H2,1H3. The number of ketones is 1. The summed E-state index contributed by atoms with van der Waals surface area (Å²) in [5.41, 5.74) is 2.22. The molecule has 3 aliphatic rings. The Morgan fingerprint density at radius 2 is 1.93 bits per heavy atom. The third kappa shape index (κ3) is 2.92. The molecular formula is C19H20N2O5S. The van der Waals surface area contributed by atoms with Gasteiger partial charge in [0, 0.05) is 29.7 Å². The second-order valence-corrected chi connectivity index (χ2v) is 9.49. The van der Waals surface area contributed by atoms with Gasteiger partial charge < -0.3 is 0 Å². The number of sulfone groups is 1. The molecule has 1 aliphatic carbocycles. The molecule has 0 bridgehead atoms. The monoisotopic (exact) mass is 388 g/mol. The third-order valence-electron chi connectivity index (χ3n) is 5.69. The summed E-state index contributed by atoms with van der Waals surface area (Å²) in [5, 5.41) is 11.4. The number of carbonyl (C=O) groups excluding carboxylic acids is 1. The summed E-state index contributed by atoms with van der Waals surface area (Å²) in [4.78, 5) is 28.5. The van der Waals surface area contributed by atoms with Gasteiger partial charge in [0.05, 0.1) is 27.2 Å². The van der Waals surface area contributed by atoms with Crippen molar-refractivity contribution in [1.29, 1.82) is 0 Å². The average Bonchev–Trinajstić information content (AvgIpc) is 2.60. The van der Waals surface area contributed by atoms with Crippen molar-refractivity contribution >= 4 is 27.0 Å². The summed E-state index contributed by atoms with van der Waals surface area (Å²) >= 11 is 0. The van der Waals surface area contributed by atoms with E-state index in [0.717, 1.165) is 5.71 Å². The lowest BCUT2D eigenvalue weighted by atomic mass is 9.72. The largest absolute Gasteiger partial charge is 0.299 e. The predicted octanol–water partition coefficient (Wildman–Crippen LogP) is 3.23. The van der Waals surface area contributed by atoms with Crippen LogP contribution in [0.1, 0.15) is 49.1 Å². The molecule has 0 spiro atoms. The molecule has 2 atom stereocenters. The maximum absolute atomic E-state index is 12.9. The second kappa shape index (κ2) is 6.37. The molecule has 8 heteroatoms. The summed E-state index contributed by atoms with van der Waals surface area (Å²) in [5.74, 6) is -1.33. The lowest BCUT2D eigenvalue weighted by Gasteiger charge is -2.38. The average molecular weight is 388 g/mol. The van der Waals surface area contributed by atoms with Crippen LogP contribution in [0.4, 0.5) is 5.69 Å². The van der Waals surface area contributed by atoms with E-state index in [1.165, 1.54) is 6.07 Å². The first-order valence-electron chi connectivity index (χ1n) is 9.10. The number of aryl methyl sites for hydroxylation is 1. The number of fused-ring (bicyclic) bond motifs is 1. The van der Waals surface area contributed by atoms with Crippen LogP contribution in [0.25, 0.3) is 0 Å². The van der Waals surface area contributed by atoms with Crippen LogP contribution in [-0.4, -0.2) is 30.6 Å². The van der Waals surface area contributed by atoms with Crippen molar-refractivity contribution in [3.8, 4) is 0 Å². The molecule has 4 rings (SSSR count). The third-order valence-corrected chi connectivity index (χ3v) is 7.68. The van der Waals surface area contributed by atoms with Gasteiger partial charge in [0.15, 0.2) is 9.84 Å². The molecule has 142 valence electrons. The summed E-state index contributed by atoms with van der Waals surface area (Å²) in [6.45, 7) is 1.64. The van der Waals surface area contributed by atoms with Gasteiger partial charge in [-0.2, -0.15) is 0 Å². The van der Waals surface area contributed by atoms with Gasteiger partial charge in [0.1, 0.15) is 5.78 Å². The summed E-state index contributed by atoms with van der Waals surface area (Å²) < 4.78 is 25.8. The zero-order valence-electron chi connectivity index (χ0n) is 15.0. The van der Waals surface area contributed by atoms with E-state index in [9.17, 15) is 23.3 Å². The molecule has 1 fully saturated rings. The Labute approximate surface area is 157 Å². The van der Waals surface area contributed by atoms with Gasteiger partial charge in [0.2, 0.25) is 0 Å². The van der Waals surface area contributed by atoms with Crippen molar-refractivity contribution in [2.75, 3.05) is 5.75 Å². The highest BCUT2D eigenvalue weighted by molar-refractivity contribution is 7.95. The summed E-state index contributed by atoms with van der Waals surface area (Å²) in [6, 6.07) is 4.77. The van der Waals surface area contributed by atoms with Crippen molar-refractivity contribution in [1.82, 2.24) is 0 Å². The topological polar surface area (TPSA) is 107 Å². The number of nitro groups is 1. The van der Waals surface area contributed by atoms with Gasteiger partial charge in [-0.3, -0.25) is 19.9 Å². The number of nitro benzene ring substituents is 1. The molecule has 0 saturated heterocycles. The number of aliphatic imine (C=N–C) groups is 1. The van der Waals surface area contributed by atoms with E-state index in [2.05, 4.69) is 4.99 Å². The molecule has 7 nitrogen and oxygen atoms in total. The molecule has 2 aliphatic heterocycles. The van der Waals surface area contributed by atoms with E-state index in [4.69, 9.17) is 0 Å². The minimum atomic E-state index is -3.55. The normalized spacial score (nSPS) is 26.9. The van der Waals surface area contributed by atoms with Crippen molar-refractivity contribution in [3.63, 3.8) is 0 Å². The van der Waals surface area contributed by atoms with Crippen molar-refractivity contribution in [2.24, 2.45) is 10.9 Å². The zero-order chi connectivity index (χ0) is 19.3. The molecule has 1 aromatic carbocycles. The molecule has 1 aromatic rings. The van der Waals surface area contributed by atoms with E-state index < -0.39 is 26.6 Å². The number of nitrogens with zero attached hydrogens (tertiary/aromatic N) is 2. The van der Waals surface area contributed by atoms with Crippen LogP contribution in [0.2, 0.25) is 0 Å². The first kappa shape index (κ1) is 18.0. The smallest absolute Gasteiger partial charge is 0.272 e. The Bertz CT molecular complexity index is 1020. The number of allylic oxidation sites excluding steroid dienone is 2. The fourth-order valence-electron chi connectivity index (χ4n) is 4.46. The summed E-state index contributed by atoms with van der Waals surface area (Å²) in [7, 11) is -3.55. The number of hydrogen-bond acceptors (Lipinski definition) is 6. The van der Waals surface area contributed by atoms with Gasteiger partial charge in [0.25, 0.3) is 5.69 Å². The zero-order valence-corrected chi connectivity index (χ0v) is 15.8. The highest BCUT2D eigenvalue weighted by Gasteiger charge is 2.46. The fourth-order valence-corrected chi connectivity index (χ4v) is 6.37. The molecule has 2 heterocycles. The molecule has 2 unspecified atom stereocenters. The van der Waals surface area contributed by atoms with Gasteiger partial charge in [-0.25, -0.2) is 8.42 Å². The van der Waals surface area contributed by atoms with E-state index in [1.54, 1.807) is 19.1 Å². The van der Waals surface area contributed by atoms with Crippen LogP contribution in [0, 0.1) is 23.0 Å². The number of hydrogen-bond donors (Lipinski definition) is 0. The van der Waals surface area contributed by atoms with Crippen LogP contribution < -0.4 is 0 Å². The van der Waals surface area contributed by atoms with Crippen LogP contribution in [0.15, 0.2) is 33.8 Å². The van der Waals surface area contributed by atoms with Gasteiger partial charge in [-0.05, 0) is 38.2 Å². The summed E-state index contributed by atoms with van der Waals surface area (Å²) in [6.07, 6.45) is 2.83. The van der Waals surface area contributed by atoms with E-state index >= 15 is 0 Å². The number of carbonyl (C=O) groups is 1. The minimum absolute atomic E-state index is 0.0273. The Morgan fingerprint density at radius 3 is 2.67 bits per heavy atom. The Balaban J connectivity index is 1.96. The Kier molecular flexibility index (Phi) is 4.25. The van der Waals surface area contributed by atoms with Crippen molar-refractivity contribution in [2.45, 2.75) is 44.9 Å². The van der Waals surface area contributed by atoms with Crippen LogP contribution >= 0.6 is 0 Å². The number of rotatable bonds is 2. The van der Waals surface area contributed by atoms with Crippen LogP contribution in [-0.2, 0) is 14.6 Å². The van der Waals surface area contributed by atoms with E-state index in [-0.39, 0.29) is 22.1 Å². The van der Waals surface area contributed by atoms with E-state index in [0.29, 0.717) is 48.9 Å². The first-order chi connectivity index (χ1) is 12.8. The van der Waals surface area contributed by atoms with Crippen LogP contribution in [0.5, 0.6) is 0 Å². The SMILES string of the molecule is Cc1ccc(C2C3=C(CCCS3(=O)=O)N=C3CCCC(=O)C32)cc1[N+](=O)[O-]. The maximum Gasteiger partial charge on any atom is 0.272 e. The fraction of sp³-hybridized carbons (Fsp3) is 0.474. The molecule has 0 N–H and O–H groups in total. The van der Waals surface area contributed by atoms with Gasteiger partial charge in [-0.15, -0.1) is 0 Å². The van der Waals surface area contributed by atoms with Gasteiger partial charge in [-0.1, -0.05) is 12.1 Å². The second-order valence-electron chi connectivity index (χ2n) is 7.41. The van der Waals surface area contributed by atoms with Gasteiger partial charge >= 0.3 is 0 Å². The highest BCUT2D eigenvalue weighted by atomic mass is 32.2. The lowest BCUT2D eigenvalue weighted by Crippen LogP contribution is -2.40. The van der Waals surface area contributed by atoms with Crippen molar-refractivity contribution in [3.05, 3.63) is 50.0 Å². The van der Waals surface area contributed by atoms with E-state index in [1.807, 2.05) is 0 Å². The molecule has 0 radical (unpaired) electrons. The van der Waals surface area contributed by atoms with Crippen molar-refractivity contribution < 1.29 is 18.1 Å². The first-order valence-corrected chi connectivity index (χ1v) is 10.8. The Morgan fingerprint density at radius 1 is 1.15 bits per heavy atom. The minimum Gasteiger partial charge on any atom is -0.299 e. The number of Topliss-reactive ketones (excluding diaryl/α,β-unsaturated/α-hetero) is 1. The highest BCUT2D eigenvalue weighted by Crippen LogP contribution is 2.48. The van der Waals surface area contributed by atoms with Crippen LogP contribution in [0.3, 0.4) is 0 Å². The number of benzene rings is 1. The predicted molar refractivity (Wildman–Crippen MR) is 100 cm³/mol.